The molecule has 5 nitrogen and oxygen atoms in total. The summed E-state index contributed by atoms with van der Waals surface area (Å²) in [6.45, 7) is 5.38. The minimum atomic E-state index is 0.633. The van der Waals surface area contributed by atoms with Crippen molar-refractivity contribution in [1.29, 1.82) is 0 Å². The Labute approximate surface area is 182 Å². The number of nitrogens with zero attached hydrogens (tertiary/aromatic N) is 5. The highest BCUT2D eigenvalue weighted by molar-refractivity contribution is 5.91. The van der Waals surface area contributed by atoms with Gasteiger partial charge in [-0.2, -0.15) is 0 Å². The second-order valence-electron chi connectivity index (χ2n) is 7.85. The lowest BCUT2D eigenvalue weighted by Crippen LogP contribution is -2.26. The van der Waals surface area contributed by atoms with Crippen molar-refractivity contribution in [2.24, 2.45) is 4.99 Å². The molecule has 5 rings (SSSR count). The fourth-order valence-corrected chi connectivity index (χ4v) is 3.81. The lowest BCUT2D eigenvalue weighted by molar-refractivity contribution is 0.803. The van der Waals surface area contributed by atoms with Crippen LogP contribution >= 0.6 is 0 Å². The normalized spacial score (nSPS) is 12.6. The van der Waals surface area contributed by atoms with Gasteiger partial charge in [-0.15, -0.1) is 0 Å². The van der Waals surface area contributed by atoms with Gasteiger partial charge >= 0.3 is 0 Å². The van der Waals surface area contributed by atoms with Gasteiger partial charge < -0.3 is 4.90 Å². The molecule has 0 radical (unpaired) electrons. The van der Waals surface area contributed by atoms with E-state index in [-0.39, 0.29) is 0 Å². The molecule has 1 aliphatic heterocycles. The average molecular weight is 406 g/mol. The van der Waals surface area contributed by atoms with Crippen LogP contribution in [0.1, 0.15) is 22.5 Å². The van der Waals surface area contributed by atoms with Crippen LogP contribution in [0.2, 0.25) is 0 Å². The summed E-state index contributed by atoms with van der Waals surface area (Å²) in [6, 6.07) is 18.9. The smallest absolute Gasteiger partial charge is 0.110 e. The molecule has 4 heterocycles. The maximum atomic E-state index is 4.68. The van der Waals surface area contributed by atoms with E-state index in [2.05, 4.69) is 67.3 Å². The molecular weight excluding hydrogens is 382 g/mol. The first kappa shape index (κ1) is 19.1. The first-order valence-electron chi connectivity index (χ1n) is 10.4. The number of rotatable bonds is 4. The van der Waals surface area contributed by atoms with Crippen molar-refractivity contribution in [2.45, 2.75) is 20.4 Å². The Morgan fingerprint density at radius 2 is 1.68 bits per heavy atom. The van der Waals surface area contributed by atoms with Gasteiger partial charge in [0, 0.05) is 65.1 Å². The lowest BCUT2D eigenvalue weighted by atomic mass is 10.0. The molecule has 0 N–H and O–H groups in total. The summed E-state index contributed by atoms with van der Waals surface area (Å²) in [5.41, 5.74) is 9.80. The van der Waals surface area contributed by atoms with Crippen molar-refractivity contribution in [1.82, 2.24) is 15.0 Å². The van der Waals surface area contributed by atoms with Crippen LogP contribution < -0.4 is 4.90 Å². The van der Waals surface area contributed by atoms with E-state index in [4.69, 9.17) is 0 Å². The Morgan fingerprint density at radius 3 is 2.45 bits per heavy atom. The number of benzene rings is 1. The number of hydrogen-bond acceptors (Lipinski definition) is 5. The summed E-state index contributed by atoms with van der Waals surface area (Å²) in [5, 5.41) is 0. The molecule has 152 valence electrons. The number of hydrogen-bond donors (Lipinski definition) is 0. The number of anilines is 1. The molecule has 3 aromatic heterocycles. The van der Waals surface area contributed by atoms with Crippen LogP contribution in [-0.4, -0.2) is 27.8 Å². The van der Waals surface area contributed by atoms with Crippen LogP contribution in [0.3, 0.4) is 0 Å². The van der Waals surface area contributed by atoms with Crippen molar-refractivity contribution in [3.05, 3.63) is 95.7 Å². The molecular formula is C26H23N5. The number of aryl methyl sites for hydroxylation is 2. The largest absolute Gasteiger partial charge is 0.347 e. The topological polar surface area (TPSA) is 54.3 Å². The molecule has 1 aliphatic rings. The van der Waals surface area contributed by atoms with Gasteiger partial charge in [-0.1, -0.05) is 24.3 Å². The zero-order valence-corrected chi connectivity index (χ0v) is 17.7. The molecule has 0 fully saturated rings. The van der Waals surface area contributed by atoms with Crippen LogP contribution in [0.25, 0.3) is 22.4 Å². The maximum absolute atomic E-state index is 4.68. The fraction of sp³-hybridized carbons (Fsp3) is 0.154. The first-order valence-corrected chi connectivity index (χ1v) is 10.4. The molecule has 0 saturated carbocycles. The van der Waals surface area contributed by atoms with Crippen molar-refractivity contribution in [3.8, 4) is 22.4 Å². The molecule has 0 amide bonds. The lowest BCUT2D eigenvalue weighted by Gasteiger charge is -2.28. The van der Waals surface area contributed by atoms with Crippen LogP contribution in [0, 0.1) is 13.8 Å². The fourth-order valence-electron chi connectivity index (χ4n) is 3.81. The molecule has 31 heavy (non-hydrogen) atoms. The minimum absolute atomic E-state index is 0.633. The summed E-state index contributed by atoms with van der Waals surface area (Å²) >= 11 is 0. The highest BCUT2D eigenvalue weighted by Gasteiger charge is 2.16. The predicted octanol–water partition coefficient (Wildman–Crippen LogP) is 5.22. The summed E-state index contributed by atoms with van der Waals surface area (Å²) < 4.78 is 0. The molecule has 0 aliphatic carbocycles. The van der Waals surface area contributed by atoms with E-state index in [0.717, 1.165) is 51.4 Å². The van der Waals surface area contributed by atoms with E-state index < -0.39 is 0 Å². The number of aromatic nitrogens is 3. The van der Waals surface area contributed by atoms with E-state index in [1.807, 2.05) is 50.8 Å². The maximum Gasteiger partial charge on any atom is 0.110 e. The summed E-state index contributed by atoms with van der Waals surface area (Å²) in [7, 11) is 0. The molecule has 5 heteroatoms. The molecule has 0 unspecified atom stereocenters. The third-order valence-electron chi connectivity index (χ3n) is 5.49. The van der Waals surface area contributed by atoms with Gasteiger partial charge in [0.2, 0.25) is 0 Å². The zero-order chi connectivity index (χ0) is 21.2. The zero-order valence-electron chi connectivity index (χ0n) is 17.7. The number of fused-ring (bicyclic) bond motifs is 1. The Kier molecular flexibility index (Phi) is 5.00. The minimum Gasteiger partial charge on any atom is -0.347 e. The molecule has 4 aromatic rings. The predicted molar refractivity (Wildman–Crippen MR) is 125 cm³/mol. The summed E-state index contributed by atoms with van der Waals surface area (Å²) in [4.78, 5) is 20.2. The third-order valence-corrected chi connectivity index (χ3v) is 5.49. The summed E-state index contributed by atoms with van der Waals surface area (Å²) in [5.74, 6) is 0. The first-order chi connectivity index (χ1) is 15.2. The Morgan fingerprint density at radius 1 is 0.774 bits per heavy atom. The van der Waals surface area contributed by atoms with Gasteiger partial charge in [0.15, 0.2) is 0 Å². The number of pyridine rings is 3. The van der Waals surface area contributed by atoms with Gasteiger partial charge in [0.1, 0.15) is 6.67 Å². The van der Waals surface area contributed by atoms with E-state index >= 15 is 0 Å². The van der Waals surface area contributed by atoms with Crippen LogP contribution in [0.4, 0.5) is 5.69 Å². The molecule has 0 saturated heterocycles. The monoisotopic (exact) mass is 405 g/mol. The molecule has 0 atom stereocenters. The van der Waals surface area contributed by atoms with Crippen LogP contribution in [-0.2, 0) is 6.54 Å². The SMILES string of the molecule is Cc1ccc(-c2ccc3c(c2)N(Cc2ccc(-c4ccnc(C)c4)nc2)CN=C3)cn1. The van der Waals surface area contributed by atoms with E-state index in [1.165, 1.54) is 5.69 Å². The number of aliphatic imine (C=N–C) groups is 1. The van der Waals surface area contributed by atoms with Crippen LogP contribution in [0.15, 0.2) is 78.2 Å². The Balaban J connectivity index is 1.40. The van der Waals surface area contributed by atoms with Crippen molar-refractivity contribution >= 4 is 11.9 Å². The van der Waals surface area contributed by atoms with Crippen LogP contribution in [0.5, 0.6) is 0 Å². The second-order valence-corrected chi connectivity index (χ2v) is 7.85. The van der Waals surface area contributed by atoms with Crippen molar-refractivity contribution in [2.75, 3.05) is 11.6 Å². The quantitative estimate of drug-likeness (QED) is 0.467. The van der Waals surface area contributed by atoms with Gasteiger partial charge in [0.05, 0.1) is 5.69 Å². The van der Waals surface area contributed by atoms with Crippen molar-refractivity contribution in [3.63, 3.8) is 0 Å². The van der Waals surface area contributed by atoms with E-state index in [9.17, 15) is 0 Å². The highest BCUT2D eigenvalue weighted by Crippen LogP contribution is 2.30. The summed E-state index contributed by atoms with van der Waals surface area (Å²) in [6.07, 6.45) is 7.67. The van der Waals surface area contributed by atoms with Gasteiger partial charge in [0.25, 0.3) is 0 Å². The molecule has 0 spiro atoms. The average Bonchev–Trinajstić information content (AvgIpc) is 2.80. The second kappa shape index (κ2) is 8.11. The highest BCUT2D eigenvalue weighted by atomic mass is 15.2. The third kappa shape index (κ3) is 4.08. The molecule has 1 aromatic carbocycles. The van der Waals surface area contributed by atoms with Gasteiger partial charge in [-0.05, 0) is 55.3 Å². The van der Waals surface area contributed by atoms with E-state index in [0.29, 0.717) is 6.67 Å². The Hall–Kier alpha value is -3.86. The van der Waals surface area contributed by atoms with Gasteiger partial charge in [-0.3, -0.25) is 19.9 Å². The van der Waals surface area contributed by atoms with E-state index in [1.54, 1.807) is 0 Å². The van der Waals surface area contributed by atoms with Crippen molar-refractivity contribution < 1.29 is 0 Å². The van der Waals surface area contributed by atoms with Gasteiger partial charge in [-0.25, -0.2) is 0 Å². The molecule has 0 bridgehead atoms. The Bertz CT molecular complexity index is 1240. The standard InChI is InChI=1S/C26H23N5/c1-18-3-5-23(15-29-18)21-6-7-24-14-27-17-31(26(24)12-21)16-20-4-8-25(30-13-20)22-9-10-28-19(2)11-22/h3-15H,16-17H2,1-2H3.